The molecule has 0 bridgehead atoms. The Kier molecular flexibility index (Phi) is 5.99. The van der Waals surface area contributed by atoms with Crippen molar-refractivity contribution in [2.24, 2.45) is 5.73 Å². The number of carbonyl (C=O) groups excluding carboxylic acids is 2. The number of fused-ring (bicyclic) bond motifs is 1. The summed E-state index contributed by atoms with van der Waals surface area (Å²) >= 11 is 0. The van der Waals surface area contributed by atoms with Crippen LogP contribution in [0.5, 0.6) is 5.75 Å². The van der Waals surface area contributed by atoms with Crippen LogP contribution in [0.15, 0.2) is 18.2 Å². The van der Waals surface area contributed by atoms with Gasteiger partial charge in [-0.15, -0.1) is 0 Å². The molecule has 4 rings (SSSR count). The highest BCUT2D eigenvalue weighted by molar-refractivity contribution is 6.14. The van der Waals surface area contributed by atoms with E-state index in [2.05, 4.69) is 23.7 Å². The Bertz CT molecular complexity index is 930. The molecular weight excluding hydrogens is 382 g/mol. The zero-order valence-corrected chi connectivity index (χ0v) is 17.8. The van der Waals surface area contributed by atoms with Gasteiger partial charge in [-0.05, 0) is 64.2 Å². The molecule has 0 spiro atoms. The molecule has 3 N–H and O–H groups in total. The van der Waals surface area contributed by atoms with Gasteiger partial charge in [-0.3, -0.25) is 9.69 Å². The van der Waals surface area contributed by atoms with E-state index in [4.69, 9.17) is 15.2 Å². The molecule has 1 unspecified atom stereocenters. The second-order valence-electron chi connectivity index (χ2n) is 8.73. The highest BCUT2D eigenvalue weighted by atomic mass is 16.5. The summed E-state index contributed by atoms with van der Waals surface area (Å²) in [6.07, 6.45) is 6.00. The van der Waals surface area contributed by atoms with Gasteiger partial charge in [-0.2, -0.15) is 0 Å². The zero-order chi connectivity index (χ0) is 21.3. The molecule has 7 nitrogen and oxygen atoms in total. The topological polar surface area (TPSA) is 97.7 Å². The van der Waals surface area contributed by atoms with Crippen molar-refractivity contribution in [1.29, 1.82) is 0 Å². The minimum atomic E-state index is -0.652. The van der Waals surface area contributed by atoms with Crippen LogP contribution in [0, 0.1) is 0 Å². The highest BCUT2D eigenvalue weighted by Gasteiger charge is 2.28. The van der Waals surface area contributed by atoms with Crippen LogP contribution in [0.25, 0.3) is 10.9 Å². The van der Waals surface area contributed by atoms with Gasteiger partial charge in [0, 0.05) is 30.0 Å². The lowest BCUT2D eigenvalue weighted by molar-refractivity contribution is 0.0203. The molecular formula is C23H31N3O4. The van der Waals surface area contributed by atoms with Crippen LogP contribution in [0.1, 0.15) is 73.2 Å². The molecule has 1 aliphatic heterocycles. The fourth-order valence-corrected chi connectivity index (χ4v) is 4.56. The van der Waals surface area contributed by atoms with Crippen molar-refractivity contribution in [3.8, 4) is 5.75 Å². The number of carbonyl (C=O) groups is 2. The zero-order valence-electron chi connectivity index (χ0n) is 17.8. The van der Waals surface area contributed by atoms with Gasteiger partial charge in [0.15, 0.2) is 0 Å². The number of nitrogens with zero attached hydrogens (tertiary/aromatic N) is 1. The summed E-state index contributed by atoms with van der Waals surface area (Å²) < 4.78 is 11.8. The minimum Gasteiger partial charge on any atom is -0.489 e. The first-order chi connectivity index (χ1) is 14.4. The standard InChI is InChI=1S/C23H31N3O4/c1-14(2)26-11-10-17(13-26)29-16-8-9-19-18(12-16)20(22(24)27)21(25-19)23(28)30-15-6-4-3-5-7-15/h8-9,12,14-15,17,25H,3-7,10-11,13H2,1-2H3,(H2,24,27). The predicted octanol–water partition coefficient (Wildman–Crippen LogP) is 3.62. The Morgan fingerprint density at radius 2 is 1.90 bits per heavy atom. The molecule has 1 aliphatic carbocycles. The third-order valence-corrected chi connectivity index (χ3v) is 6.26. The maximum absolute atomic E-state index is 12.8. The van der Waals surface area contributed by atoms with Crippen molar-refractivity contribution >= 4 is 22.8 Å². The van der Waals surface area contributed by atoms with Crippen molar-refractivity contribution in [1.82, 2.24) is 9.88 Å². The summed E-state index contributed by atoms with van der Waals surface area (Å²) in [6.45, 7) is 6.26. The first-order valence-corrected chi connectivity index (χ1v) is 11.0. The smallest absolute Gasteiger partial charge is 0.355 e. The number of hydrogen-bond acceptors (Lipinski definition) is 5. The average Bonchev–Trinajstić information content (AvgIpc) is 3.33. The fourth-order valence-electron chi connectivity index (χ4n) is 4.56. The van der Waals surface area contributed by atoms with E-state index in [0.29, 0.717) is 22.7 Å². The summed E-state index contributed by atoms with van der Waals surface area (Å²) in [5, 5.41) is 0.592. The fraction of sp³-hybridized carbons (Fsp3) is 0.565. The molecule has 1 atom stereocenters. The second kappa shape index (κ2) is 8.68. The lowest BCUT2D eigenvalue weighted by atomic mass is 9.98. The number of rotatable bonds is 6. The van der Waals surface area contributed by atoms with E-state index in [1.54, 1.807) is 6.07 Å². The van der Waals surface area contributed by atoms with E-state index in [0.717, 1.165) is 45.2 Å². The van der Waals surface area contributed by atoms with Gasteiger partial charge in [0.25, 0.3) is 5.91 Å². The van der Waals surface area contributed by atoms with Crippen LogP contribution in [0.4, 0.5) is 0 Å². The Morgan fingerprint density at radius 3 is 2.57 bits per heavy atom. The normalized spacial score (nSPS) is 20.7. The molecule has 2 fully saturated rings. The van der Waals surface area contributed by atoms with Gasteiger partial charge in [0.2, 0.25) is 0 Å². The van der Waals surface area contributed by atoms with Gasteiger partial charge in [-0.25, -0.2) is 4.79 Å². The number of aromatic nitrogens is 1. The SMILES string of the molecule is CC(C)N1CCC(Oc2ccc3[nH]c(C(=O)OC4CCCCC4)c(C(N)=O)c3c2)C1. The second-order valence-corrected chi connectivity index (χ2v) is 8.73. The van der Waals surface area contributed by atoms with E-state index < -0.39 is 11.9 Å². The molecule has 0 radical (unpaired) electrons. The minimum absolute atomic E-state index is 0.0939. The maximum Gasteiger partial charge on any atom is 0.355 e. The average molecular weight is 414 g/mol. The van der Waals surface area contributed by atoms with Crippen molar-refractivity contribution < 1.29 is 19.1 Å². The van der Waals surface area contributed by atoms with Crippen LogP contribution in [0.3, 0.4) is 0 Å². The third kappa shape index (κ3) is 4.31. The van der Waals surface area contributed by atoms with E-state index in [1.165, 1.54) is 6.42 Å². The molecule has 7 heteroatoms. The number of amides is 1. The predicted molar refractivity (Wildman–Crippen MR) is 115 cm³/mol. The Labute approximate surface area is 176 Å². The summed E-state index contributed by atoms with van der Waals surface area (Å²) in [6, 6.07) is 5.97. The molecule has 1 amide bonds. The molecule has 1 saturated heterocycles. The lowest BCUT2D eigenvalue weighted by Crippen LogP contribution is -2.30. The molecule has 1 aromatic carbocycles. The van der Waals surface area contributed by atoms with Gasteiger partial charge in [-0.1, -0.05) is 6.42 Å². The number of primary amides is 1. The first-order valence-electron chi connectivity index (χ1n) is 11.0. The molecule has 2 aromatic rings. The summed E-state index contributed by atoms with van der Waals surface area (Å²) in [5.74, 6) is -0.495. The molecule has 1 aromatic heterocycles. The van der Waals surface area contributed by atoms with E-state index >= 15 is 0 Å². The summed E-state index contributed by atoms with van der Waals surface area (Å²) in [4.78, 5) is 30.4. The molecule has 1 saturated carbocycles. The number of nitrogens with one attached hydrogen (secondary N) is 1. The largest absolute Gasteiger partial charge is 0.489 e. The van der Waals surface area contributed by atoms with E-state index in [1.807, 2.05) is 12.1 Å². The van der Waals surface area contributed by atoms with Crippen LogP contribution >= 0.6 is 0 Å². The quantitative estimate of drug-likeness (QED) is 0.705. The van der Waals surface area contributed by atoms with Crippen molar-refractivity contribution in [2.45, 2.75) is 70.6 Å². The Balaban J connectivity index is 1.56. The van der Waals surface area contributed by atoms with Gasteiger partial charge < -0.3 is 20.2 Å². The number of hydrogen-bond donors (Lipinski definition) is 2. The number of aromatic amines is 1. The number of esters is 1. The summed E-state index contributed by atoms with van der Waals surface area (Å²) in [7, 11) is 0. The van der Waals surface area contributed by atoms with Gasteiger partial charge in [0.05, 0.1) is 5.56 Å². The third-order valence-electron chi connectivity index (χ3n) is 6.26. The number of nitrogens with two attached hydrogens (primary N) is 1. The summed E-state index contributed by atoms with van der Waals surface area (Å²) in [5.41, 5.74) is 6.62. The number of H-pyrrole nitrogens is 1. The highest BCUT2D eigenvalue weighted by Crippen LogP contribution is 2.30. The van der Waals surface area contributed by atoms with E-state index in [9.17, 15) is 9.59 Å². The van der Waals surface area contributed by atoms with Crippen molar-refractivity contribution in [3.63, 3.8) is 0 Å². The molecule has 162 valence electrons. The van der Waals surface area contributed by atoms with Crippen molar-refractivity contribution in [2.75, 3.05) is 13.1 Å². The van der Waals surface area contributed by atoms with Crippen LogP contribution in [-0.2, 0) is 4.74 Å². The molecule has 2 aliphatic rings. The number of benzene rings is 1. The number of ether oxygens (including phenoxy) is 2. The Hall–Kier alpha value is -2.54. The van der Waals surface area contributed by atoms with E-state index in [-0.39, 0.29) is 23.5 Å². The van der Waals surface area contributed by atoms with Crippen LogP contribution in [-0.4, -0.2) is 53.1 Å². The molecule has 2 heterocycles. The van der Waals surface area contributed by atoms with Gasteiger partial charge >= 0.3 is 5.97 Å². The lowest BCUT2D eigenvalue weighted by Gasteiger charge is -2.21. The number of likely N-dealkylation sites (tertiary alicyclic amines) is 1. The van der Waals surface area contributed by atoms with Crippen LogP contribution < -0.4 is 10.5 Å². The first kappa shape index (κ1) is 20.7. The Morgan fingerprint density at radius 1 is 1.13 bits per heavy atom. The van der Waals surface area contributed by atoms with Crippen LogP contribution in [0.2, 0.25) is 0 Å². The maximum atomic E-state index is 12.8. The van der Waals surface area contributed by atoms with Gasteiger partial charge in [0.1, 0.15) is 23.7 Å². The monoisotopic (exact) mass is 413 g/mol. The molecule has 30 heavy (non-hydrogen) atoms. The van der Waals surface area contributed by atoms with Crippen molar-refractivity contribution in [3.05, 3.63) is 29.5 Å².